The fourth-order valence-corrected chi connectivity index (χ4v) is 2.80. The molecule has 1 aromatic carbocycles. The summed E-state index contributed by atoms with van der Waals surface area (Å²) in [6.07, 6.45) is 3.28. The van der Waals surface area contributed by atoms with Gasteiger partial charge in [-0.2, -0.15) is 0 Å². The van der Waals surface area contributed by atoms with Gasteiger partial charge in [0.25, 0.3) is 0 Å². The highest BCUT2D eigenvalue weighted by molar-refractivity contribution is 5.33. The predicted octanol–water partition coefficient (Wildman–Crippen LogP) is 2.52. The third kappa shape index (κ3) is 2.06. The molecule has 4 heteroatoms. The molecule has 2 aromatic rings. The summed E-state index contributed by atoms with van der Waals surface area (Å²) in [5, 5.41) is 18.8. The average molecular weight is 257 g/mol. The van der Waals surface area contributed by atoms with Gasteiger partial charge in [-0.05, 0) is 36.8 Å². The van der Waals surface area contributed by atoms with E-state index >= 15 is 0 Å². The number of aromatic nitrogens is 3. The number of aliphatic hydroxyl groups is 1. The third-order valence-corrected chi connectivity index (χ3v) is 4.17. The smallest absolute Gasteiger partial charge is 0.109 e. The van der Waals surface area contributed by atoms with Gasteiger partial charge in [0, 0.05) is 0 Å². The van der Waals surface area contributed by atoms with Gasteiger partial charge in [0.15, 0.2) is 0 Å². The van der Waals surface area contributed by atoms with E-state index in [1.54, 1.807) is 10.9 Å². The van der Waals surface area contributed by atoms with Crippen LogP contribution in [0.1, 0.15) is 32.4 Å². The molecule has 3 rings (SSSR count). The van der Waals surface area contributed by atoms with E-state index in [0.29, 0.717) is 11.8 Å². The molecule has 1 N–H and O–H groups in total. The summed E-state index contributed by atoms with van der Waals surface area (Å²) >= 11 is 0. The van der Waals surface area contributed by atoms with E-state index in [1.165, 1.54) is 0 Å². The summed E-state index contributed by atoms with van der Waals surface area (Å²) in [5.41, 5.74) is 0.973. The first-order chi connectivity index (χ1) is 9.10. The lowest BCUT2D eigenvalue weighted by Gasteiger charge is -2.45. The molecule has 19 heavy (non-hydrogen) atoms. The van der Waals surface area contributed by atoms with E-state index in [9.17, 15) is 5.11 Å². The molecule has 0 saturated heterocycles. The molecule has 100 valence electrons. The maximum atomic E-state index is 10.7. The van der Waals surface area contributed by atoms with E-state index in [1.807, 2.05) is 30.3 Å². The van der Waals surface area contributed by atoms with E-state index in [2.05, 4.69) is 24.2 Å². The minimum absolute atomic E-state index is 0.587. The Labute approximate surface area is 113 Å². The minimum Gasteiger partial charge on any atom is -0.383 e. The van der Waals surface area contributed by atoms with Crippen LogP contribution in [0.25, 0.3) is 5.69 Å². The quantitative estimate of drug-likeness (QED) is 0.919. The van der Waals surface area contributed by atoms with Crippen LogP contribution in [-0.4, -0.2) is 20.1 Å². The standard InChI is InChI=1S/C15H19N3O/c1-11(2)12-8-15(19,9-12)14-10-16-17-18(14)13-6-4-3-5-7-13/h3-7,10-12,19H,8-9H2,1-2H3. The molecule has 4 nitrogen and oxygen atoms in total. The van der Waals surface area contributed by atoms with Gasteiger partial charge in [-0.1, -0.05) is 37.3 Å². The summed E-state index contributed by atoms with van der Waals surface area (Å²) in [6.45, 7) is 4.41. The summed E-state index contributed by atoms with van der Waals surface area (Å²) in [4.78, 5) is 0. The number of rotatable bonds is 3. The highest BCUT2D eigenvalue weighted by Gasteiger charge is 2.47. The van der Waals surface area contributed by atoms with Gasteiger partial charge in [-0.15, -0.1) is 5.10 Å². The molecular weight excluding hydrogens is 238 g/mol. The first kappa shape index (κ1) is 12.4. The van der Waals surface area contributed by atoms with Crippen molar-refractivity contribution in [2.24, 2.45) is 11.8 Å². The van der Waals surface area contributed by atoms with Crippen molar-refractivity contribution in [2.45, 2.75) is 32.3 Å². The molecule has 0 radical (unpaired) electrons. The first-order valence-corrected chi connectivity index (χ1v) is 6.79. The van der Waals surface area contributed by atoms with Crippen molar-refractivity contribution in [2.75, 3.05) is 0 Å². The van der Waals surface area contributed by atoms with Gasteiger partial charge in [-0.25, -0.2) is 4.68 Å². The first-order valence-electron chi connectivity index (χ1n) is 6.79. The molecule has 0 aliphatic heterocycles. The number of hydrogen-bond donors (Lipinski definition) is 1. The Bertz CT molecular complexity index is 556. The molecular formula is C15H19N3O. The second-order valence-electron chi connectivity index (χ2n) is 5.81. The SMILES string of the molecule is CC(C)C1CC(O)(c2cnnn2-c2ccccc2)C1. The Morgan fingerprint density at radius 1 is 1.26 bits per heavy atom. The monoisotopic (exact) mass is 257 g/mol. The third-order valence-electron chi connectivity index (χ3n) is 4.17. The van der Waals surface area contributed by atoms with Crippen LogP contribution < -0.4 is 0 Å². The Hall–Kier alpha value is -1.68. The highest BCUT2D eigenvalue weighted by Crippen LogP contribution is 2.48. The van der Waals surface area contributed by atoms with Crippen molar-refractivity contribution in [1.29, 1.82) is 0 Å². The molecule has 1 fully saturated rings. The van der Waals surface area contributed by atoms with Crippen LogP contribution in [0.15, 0.2) is 36.5 Å². The van der Waals surface area contributed by atoms with Crippen molar-refractivity contribution in [1.82, 2.24) is 15.0 Å². The topological polar surface area (TPSA) is 50.9 Å². The normalized spacial score (nSPS) is 26.4. The summed E-state index contributed by atoms with van der Waals surface area (Å²) < 4.78 is 1.75. The number of hydrogen-bond acceptors (Lipinski definition) is 3. The molecule has 0 unspecified atom stereocenters. The second-order valence-corrected chi connectivity index (χ2v) is 5.81. The molecule has 0 atom stereocenters. The summed E-state index contributed by atoms with van der Waals surface area (Å²) in [5.74, 6) is 1.20. The van der Waals surface area contributed by atoms with Crippen molar-refractivity contribution in [3.63, 3.8) is 0 Å². The molecule has 1 aliphatic carbocycles. The Morgan fingerprint density at radius 3 is 2.58 bits per heavy atom. The molecule has 0 bridgehead atoms. The zero-order valence-corrected chi connectivity index (χ0v) is 11.3. The van der Waals surface area contributed by atoms with E-state index in [0.717, 1.165) is 24.2 Å². The summed E-state index contributed by atoms with van der Waals surface area (Å²) in [6, 6.07) is 9.83. The fourth-order valence-electron chi connectivity index (χ4n) is 2.80. The van der Waals surface area contributed by atoms with Crippen LogP contribution in [0.4, 0.5) is 0 Å². The molecule has 1 saturated carbocycles. The van der Waals surface area contributed by atoms with Gasteiger partial charge in [0.1, 0.15) is 5.60 Å². The Kier molecular flexibility index (Phi) is 2.90. The Morgan fingerprint density at radius 2 is 1.95 bits per heavy atom. The molecule has 1 aliphatic rings. The van der Waals surface area contributed by atoms with Crippen LogP contribution in [0, 0.1) is 11.8 Å². The molecule has 0 amide bonds. The van der Waals surface area contributed by atoms with Crippen LogP contribution in [0.3, 0.4) is 0 Å². The van der Waals surface area contributed by atoms with Crippen LogP contribution in [0.2, 0.25) is 0 Å². The largest absolute Gasteiger partial charge is 0.383 e. The van der Waals surface area contributed by atoms with Crippen molar-refractivity contribution in [3.05, 3.63) is 42.2 Å². The number of para-hydroxylation sites is 1. The van der Waals surface area contributed by atoms with Crippen LogP contribution in [0.5, 0.6) is 0 Å². The summed E-state index contributed by atoms with van der Waals surface area (Å²) in [7, 11) is 0. The average Bonchev–Trinajstić information content (AvgIpc) is 2.85. The van der Waals surface area contributed by atoms with Gasteiger partial charge in [-0.3, -0.25) is 0 Å². The van der Waals surface area contributed by atoms with E-state index in [4.69, 9.17) is 0 Å². The van der Waals surface area contributed by atoms with Crippen molar-refractivity contribution >= 4 is 0 Å². The van der Waals surface area contributed by atoms with Gasteiger partial charge in [0.2, 0.25) is 0 Å². The maximum absolute atomic E-state index is 10.7. The zero-order chi connectivity index (χ0) is 13.5. The van der Waals surface area contributed by atoms with E-state index < -0.39 is 5.60 Å². The predicted molar refractivity (Wildman–Crippen MR) is 72.8 cm³/mol. The van der Waals surface area contributed by atoms with Gasteiger partial charge >= 0.3 is 0 Å². The van der Waals surface area contributed by atoms with Crippen LogP contribution in [-0.2, 0) is 5.60 Å². The van der Waals surface area contributed by atoms with Gasteiger partial charge in [0.05, 0.1) is 17.6 Å². The number of nitrogens with zero attached hydrogens (tertiary/aromatic N) is 3. The van der Waals surface area contributed by atoms with E-state index in [-0.39, 0.29) is 0 Å². The fraction of sp³-hybridized carbons (Fsp3) is 0.467. The lowest BCUT2D eigenvalue weighted by molar-refractivity contribution is -0.0980. The molecule has 1 heterocycles. The maximum Gasteiger partial charge on any atom is 0.109 e. The molecule has 1 aromatic heterocycles. The van der Waals surface area contributed by atoms with Crippen LogP contribution >= 0.6 is 0 Å². The van der Waals surface area contributed by atoms with Gasteiger partial charge < -0.3 is 5.11 Å². The lowest BCUT2D eigenvalue weighted by atomic mass is 9.65. The van der Waals surface area contributed by atoms with Crippen molar-refractivity contribution < 1.29 is 5.11 Å². The Balaban J connectivity index is 1.90. The second kappa shape index (κ2) is 4.46. The molecule has 0 spiro atoms. The van der Waals surface area contributed by atoms with Crippen molar-refractivity contribution in [3.8, 4) is 5.69 Å². The number of benzene rings is 1. The lowest BCUT2D eigenvalue weighted by Crippen LogP contribution is -2.44. The minimum atomic E-state index is -0.770. The zero-order valence-electron chi connectivity index (χ0n) is 11.3. The highest BCUT2D eigenvalue weighted by atomic mass is 16.3.